The Morgan fingerprint density at radius 2 is 1.75 bits per heavy atom. The summed E-state index contributed by atoms with van der Waals surface area (Å²) >= 11 is 2.26. The SMILES string of the molecule is Ic1[nH]nc2cc(-c3ccccc3)ccc12. The fourth-order valence-electron chi connectivity index (χ4n) is 1.79. The van der Waals surface area contributed by atoms with Crippen LogP contribution < -0.4 is 0 Å². The Labute approximate surface area is 107 Å². The first kappa shape index (κ1) is 9.84. The van der Waals surface area contributed by atoms with Crippen molar-refractivity contribution < 1.29 is 0 Å². The number of aromatic nitrogens is 2. The molecule has 0 unspecified atom stereocenters. The first-order valence-corrected chi connectivity index (χ1v) is 6.11. The van der Waals surface area contributed by atoms with Crippen LogP contribution in [0.2, 0.25) is 0 Å². The molecule has 0 spiro atoms. The molecule has 0 fully saturated rings. The molecular formula is C13H9IN2. The van der Waals surface area contributed by atoms with Gasteiger partial charge in [-0.2, -0.15) is 5.10 Å². The summed E-state index contributed by atoms with van der Waals surface area (Å²) in [4.78, 5) is 0. The van der Waals surface area contributed by atoms with Crippen molar-refractivity contribution in [3.8, 4) is 11.1 Å². The van der Waals surface area contributed by atoms with Crippen LogP contribution in [0.15, 0.2) is 48.5 Å². The van der Waals surface area contributed by atoms with Gasteiger partial charge < -0.3 is 0 Å². The summed E-state index contributed by atoms with van der Waals surface area (Å²) in [6.45, 7) is 0. The zero-order chi connectivity index (χ0) is 11.0. The van der Waals surface area contributed by atoms with E-state index in [9.17, 15) is 0 Å². The lowest BCUT2D eigenvalue weighted by Crippen LogP contribution is -1.77. The number of nitrogens with zero attached hydrogens (tertiary/aromatic N) is 1. The Balaban J connectivity index is 2.19. The molecule has 0 amide bonds. The molecule has 3 rings (SSSR count). The van der Waals surface area contributed by atoms with Gasteiger partial charge in [-0.15, -0.1) is 0 Å². The fourth-order valence-corrected chi connectivity index (χ4v) is 2.37. The molecular weight excluding hydrogens is 311 g/mol. The molecule has 0 aliphatic rings. The van der Waals surface area contributed by atoms with Crippen molar-refractivity contribution >= 4 is 33.5 Å². The van der Waals surface area contributed by atoms with E-state index < -0.39 is 0 Å². The Morgan fingerprint density at radius 3 is 2.56 bits per heavy atom. The van der Waals surface area contributed by atoms with Crippen molar-refractivity contribution in [2.45, 2.75) is 0 Å². The molecule has 78 valence electrons. The quantitative estimate of drug-likeness (QED) is 0.678. The van der Waals surface area contributed by atoms with Crippen LogP contribution in [0, 0.1) is 3.70 Å². The molecule has 0 atom stereocenters. The third-order valence-corrected chi connectivity index (χ3v) is 3.44. The number of halogens is 1. The third kappa shape index (κ3) is 1.61. The Bertz CT molecular complexity index is 629. The number of aromatic amines is 1. The largest absolute Gasteiger partial charge is 0.271 e. The molecule has 3 heteroatoms. The van der Waals surface area contributed by atoms with Gasteiger partial charge >= 0.3 is 0 Å². The molecule has 2 nitrogen and oxygen atoms in total. The molecule has 0 bridgehead atoms. The Hall–Kier alpha value is -1.36. The number of rotatable bonds is 1. The molecule has 2 aromatic carbocycles. The first-order chi connectivity index (χ1) is 7.84. The maximum Gasteiger partial charge on any atom is 0.104 e. The number of hydrogen-bond donors (Lipinski definition) is 1. The van der Waals surface area contributed by atoms with Crippen LogP contribution in [0.25, 0.3) is 22.0 Å². The van der Waals surface area contributed by atoms with Gasteiger partial charge in [0, 0.05) is 5.39 Å². The minimum Gasteiger partial charge on any atom is -0.271 e. The molecule has 1 heterocycles. The molecule has 1 aromatic heterocycles. The summed E-state index contributed by atoms with van der Waals surface area (Å²) in [6, 6.07) is 16.7. The van der Waals surface area contributed by atoms with Crippen molar-refractivity contribution in [1.82, 2.24) is 10.2 Å². The normalized spacial score (nSPS) is 10.8. The van der Waals surface area contributed by atoms with Crippen molar-refractivity contribution in [2.75, 3.05) is 0 Å². The molecule has 0 saturated heterocycles. The third-order valence-electron chi connectivity index (χ3n) is 2.62. The molecule has 1 N–H and O–H groups in total. The van der Waals surface area contributed by atoms with Gasteiger partial charge in [0.25, 0.3) is 0 Å². The lowest BCUT2D eigenvalue weighted by atomic mass is 10.0. The van der Waals surface area contributed by atoms with Crippen molar-refractivity contribution in [3.05, 3.63) is 52.2 Å². The number of benzene rings is 2. The van der Waals surface area contributed by atoms with Crippen LogP contribution in [0.3, 0.4) is 0 Å². The summed E-state index contributed by atoms with van der Waals surface area (Å²) < 4.78 is 1.09. The van der Waals surface area contributed by atoms with Crippen LogP contribution in [0.1, 0.15) is 0 Å². The molecule has 3 aromatic rings. The van der Waals surface area contributed by atoms with Crippen molar-refractivity contribution in [1.29, 1.82) is 0 Å². The number of nitrogens with one attached hydrogen (secondary N) is 1. The topological polar surface area (TPSA) is 28.7 Å². The van der Waals surface area contributed by atoms with E-state index in [4.69, 9.17) is 0 Å². The maximum absolute atomic E-state index is 4.27. The van der Waals surface area contributed by atoms with Gasteiger partial charge in [-0.1, -0.05) is 36.4 Å². The van der Waals surface area contributed by atoms with E-state index in [2.05, 4.69) is 63.1 Å². The highest BCUT2D eigenvalue weighted by Gasteiger charge is 2.04. The van der Waals surface area contributed by atoms with Gasteiger partial charge in [0.2, 0.25) is 0 Å². The van der Waals surface area contributed by atoms with Gasteiger partial charge in [-0.3, -0.25) is 5.10 Å². The standard InChI is InChI=1S/C13H9IN2/c14-13-11-7-6-10(8-12(11)15-16-13)9-4-2-1-3-5-9/h1-8H,(H,15,16). The minimum absolute atomic E-state index is 1.02. The predicted molar refractivity (Wildman–Crippen MR) is 74.2 cm³/mol. The maximum atomic E-state index is 4.27. The summed E-state index contributed by atoms with van der Waals surface area (Å²) in [7, 11) is 0. The predicted octanol–water partition coefficient (Wildman–Crippen LogP) is 3.83. The second-order valence-electron chi connectivity index (χ2n) is 3.64. The lowest BCUT2D eigenvalue weighted by molar-refractivity contribution is 1.09. The average molecular weight is 320 g/mol. The monoisotopic (exact) mass is 320 g/mol. The van der Waals surface area contributed by atoms with E-state index in [0.29, 0.717) is 0 Å². The van der Waals surface area contributed by atoms with Gasteiger partial charge in [-0.05, 0) is 45.9 Å². The zero-order valence-corrected chi connectivity index (χ0v) is 10.6. The Kier molecular flexibility index (Phi) is 2.40. The van der Waals surface area contributed by atoms with E-state index in [1.165, 1.54) is 16.5 Å². The second kappa shape index (κ2) is 3.90. The van der Waals surface area contributed by atoms with E-state index in [1.54, 1.807) is 0 Å². The fraction of sp³-hybridized carbons (Fsp3) is 0. The molecule has 0 radical (unpaired) electrons. The second-order valence-corrected chi connectivity index (χ2v) is 4.71. The van der Waals surface area contributed by atoms with Gasteiger partial charge in [0.05, 0.1) is 5.52 Å². The summed E-state index contributed by atoms with van der Waals surface area (Å²) in [6.07, 6.45) is 0. The van der Waals surface area contributed by atoms with Crippen molar-refractivity contribution in [3.63, 3.8) is 0 Å². The molecule has 0 saturated carbocycles. The molecule has 0 aliphatic carbocycles. The van der Waals surface area contributed by atoms with E-state index in [1.807, 2.05) is 18.2 Å². The van der Waals surface area contributed by atoms with Crippen LogP contribution in [0.5, 0.6) is 0 Å². The smallest absolute Gasteiger partial charge is 0.104 e. The van der Waals surface area contributed by atoms with Crippen LogP contribution >= 0.6 is 22.6 Å². The highest BCUT2D eigenvalue weighted by molar-refractivity contribution is 14.1. The molecule has 16 heavy (non-hydrogen) atoms. The van der Waals surface area contributed by atoms with Crippen LogP contribution in [-0.4, -0.2) is 10.2 Å². The van der Waals surface area contributed by atoms with Gasteiger partial charge in [-0.25, -0.2) is 0 Å². The van der Waals surface area contributed by atoms with E-state index in [-0.39, 0.29) is 0 Å². The average Bonchev–Trinajstić information content (AvgIpc) is 2.72. The lowest BCUT2D eigenvalue weighted by Gasteiger charge is -2.00. The number of hydrogen-bond acceptors (Lipinski definition) is 1. The van der Waals surface area contributed by atoms with Crippen LogP contribution in [-0.2, 0) is 0 Å². The highest BCUT2D eigenvalue weighted by atomic mass is 127. The Morgan fingerprint density at radius 1 is 0.938 bits per heavy atom. The van der Waals surface area contributed by atoms with E-state index >= 15 is 0 Å². The number of H-pyrrole nitrogens is 1. The van der Waals surface area contributed by atoms with Crippen molar-refractivity contribution in [2.24, 2.45) is 0 Å². The summed E-state index contributed by atoms with van der Waals surface area (Å²) in [5.41, 5.74) is 3.45. The zero-order valence-electron chi connectivity index (χ0n) is 8.44. The van der Waals surface area contributed by atoms with Gasteiger partial charge in [0.15, 0.2) is 0 Å². The highest BCUT2D eigenvalue weighted by Crippen LogP contribution is 2.25. The van der Waals surface area contributed by atoms with Crippen LogP contribution in [0.4, 0.5) is 0 Å². The summed E-state index contributed by atoms with van der Waals surface area (Å²) in [5.74, 6) is 0. The molecule has 0 aliphatic heterocycles. The summed E-state index contributed by atoms with van der Waals surface area (Å²) in [5, 5.41) is 8.44. The number of fused-ring (bicyclic) bond motifs is 1. The van der Waals surface area contributed by atoms with E-state index in [0.717, 1.165) is 9.22 Å². The van der Waals surface area contributed by atoms with Gasteiger partial charge in [0.1, 0.15) is 3.70 Å². The minimum atomic E-state index is 1.02. The first-order valence-electron chi connectivity index (χ1n) is 5.03.